The highest BCUT2D eigenvalue weighted by atomic mass is 32.2. The largest absolute Gasteiger partial charge is 0.325 e. The lowest BCUT2D eigenvalue weighted by molar-refractivity contribution is -0.134. The molecular weight excluding hydrogens is 420 g/mol. The number of aryl methyl sites for hydroxylation is 1. The molecule has 4 rings (SSSR count). The number of nitrogens with one attached hydrogen (secondary N) is 2. The summed E-state index contributed by atoms with van der Waals surface area (Å²) in [7, 11) is -3.66. The number of nitrogens with zero attached hydrogens (tertiary/aromatic N) is 2. The van der Waals surface area contributed by atoms with Gasteiger partial charge in [0.25, 0.3) is 5.91 Å². The Kier molecular flexibility index (Phi) is 5.55. The third-order valence-corrected chi connectivity index (χ3v) is 8.44. The molecule has 4 amide bonds. The lowest BCUT2D eigenvalue weighted by Crippen LogP contribution is -2.46. The Labute approximate surface area is 182 Å². The molecule has 2 heterocycles. The van der Waals surface area contributed by atoms with E-state index in [1.54, 1.807) is 26.0 Å². The smallest absolute Gasteiger partial charge is 0.324 e. The number of urea groups is 1. The van der Waals surface area contributed by atoms with Crippen LogP contribution < -0.4 is 10.6 Å². The number of imide groups is 1. The molecule has 0 bridgehead atoms. The van der Waals surface area contributed by atoms with Crippen molar-refractivity contribution in [1.82, 2.24) is 14.5 Å². The molecule has 0 aromatic heterocycles. The van der Waals surface area contributed by atoms with Gasteiger partial charge in [-0.3, -0.25) is 14.5 Å². The van der Waals surface area contributed by atoms with Gasteiger partial charge in [-0.05, 0) is 63.1 Å². The lowest BCUT2D eigenvalue weighted by Gasteiger charge is -2.26. The van der Waals surface area contributed by atoms with Gasteiger partial charge in [0.05, 0.1) is 4.90 Å². The Morgan fingerprint density at radius 2 is 1.87 bits per heavy atom. The number of carbonyl (C=O) groups excluding carboxylic acids is 3. The van der Waals surface area contributed by atoms with E-state index in [0.717, 1.165) is 37.0 Å². The van der Waals surface area contributed by atoms with Crippen molar-refractivity contribution in [3.8, 4) is 0 Å². The molecule has 1 unspecified atom stereocenters. The molecule has 3 fully saturated rings. The van der Waals surface area contributed by atoms with Crippen LogP contribution in [0.1, 0.15) is 44.6 Å². The van der Waals surface area contributed by atoms with E-state index in [2.05, 4.69) is 10.6 Å². The van der Waals surface area contributed by atoms with Crippen LogP contribution in [0.5, 0.6) is 0 Å². The predicted octanol–water partition coefficient (Wildman–Crippen LogP) is 1.83. The second-order valence-electron chi connectivity index (χ2n) is 8.79. The topological polar surface area (TPSA) is 116 Å². The Morgan fingerprint density at radius 1 is 1.19 bits per heavy atom. The highest BCUT2D eigenvalue weighted by Gasteiger charge is 2.56. The van der Waals surface area contributed by atoms with Crippen LogP contribution >= 0.6 is 0 Å². The van der Waals surface area contributed by atoms with Crippen LogP contribution in [-0.2, 0) is 19.6 Å². The summed E-state index contributed by atoms with van der Waals surface area (Å²) < 4.78 is 27.6. The van der Waals surface area contributed by atoms with Crippen molar-refractivity contribution in [2.45, 2.75) is 56.4 Å². The Hall–Kier alpha value is -2.46. The van der Waals surface area contributed by atoms with E-state index in [4.69, 9.17) is 0 Å². The van der Waals surface area contributed by atoms with E-state index in [-0.39, 0.29) is 10.8 Å². The maximum atomic E-state index is 13.1. The van der Waals surface area contributed by atoms with Gasteiger partial charge in [-0.2, -0.15) is 4.31 Å². The van der Waals surface area contributed by atoms with E-state index < -0.39 is 40.0 Å². The number of amides is 4. The molecular formula is C21H28N4O5S. The number of hydrogen-bond donors (Lipinski definition) is 2. The third kappa shape index (κ3) is 4.06. The van der Waals surface area contributed by atoms with Crippen molar-refractivity contribution < 1.29 is 22.8 Å². The maximum absolute atomic E-state index is 13.1. The van der Waals surface area contributed by atoms with Crippen LogP contribution in [0.2, 0.25) is 0 Å². The number of rotatable bonds is 6. The Bertz CT molecular complexity index is 1030. The van der Waals surface area contributed by atoms with E-state index >= 15 is 0 Å². The molecule has 0 spiro atoms. The SMILES string of the molecule is Cc1ccc(NC(=O)CN2C(=O)NC(C)(C3CC3)C2=O)cc1S(=O)(=O)N1CCCCC1. The summed E-state index contributed by atoms with van der Waals surface area (Å²) in [5.41, 5.74) is -0.0437. The first-order valence-electron chi connectivity index (χ1n) is 10.7. The van der Waals surface area contributed by atoms with Crippen LogP contribution in [0.25, 0.3) is 0 Å². The molecule has 31 heavy (non-hydrogen) atoms. The van der Waals surface area contributed by atoms with Gasteiger partial charge in [0.1, 0.15) is 12.1 Å². The standard InChI is InChI=1S/C21H28N4O5S/c1-14-6-9-16(12-17(14)31(29,30)24-10-4-3-5-11-24)22-18(26)13-25-19(27)21(2,15-7-8-15)23-20(25)28/h6,9,12,15H,3-5,7-8,10-11,13H2,1-2H3,(H,22,26)(H,23,28). The van der Waals surface area contributed by atoms with Gasteiger partial charge in [0, 0.05) is 18.8 Å². The van der Waals surface area contributed by atoms with Gasteiger partial charge in [-0.15, -0.1) is 0 Å². The number of piperidine rings is 1. The highest BCUT2D eigenvalue weighted by molar-refractivity contribution is 7.89. The van der Waals surface area contributed by atoms with Gasteiger partial charge in [-0.25, -0.2) is 13.2 Å². The van der Waals surface area contributed by atoms with Crippen molar-refractivity contribution in [2.24, 2.45) is 5.92 Å². The molecule has 2 N–H and O–H groups in total. The monoisotopic (exact) mass is 448 g/mol. The molecule has 1 atom stereocenters. The number of benzene rings is 1. The van der Waals surface area contributed by atoms with Crippen LogP contribution in [0.3, 0.4) is 0 Å². The van der Waals surface area contributed by atoms with Crippen molar-refractivity contribution in [3.63, 3.8) is 0 Å². The zero-order valence-corrected chi connectivity index (χ0v) is 18.6. The Balaban J connectivity index is 1.47. The molecule has 10 heteroatoms. The van der Waals surface area contributed by atoms with E-state index in [1.165, 1.54) is 10.4 Å². The average Bonchev–Trinajstić information content (AvgIpc) is 3.56. The lowest BCUT2D eigenvalue weighted by atomic mass is 9.96. The average molecular weight is 449 g/mol. The summed E-state index contributed by atoms with van der Waals surface area (Å²) in [6.07, 6.45) is 4.44. The zero-order valence-electron chi connectivity index (χ0n) is 17.8. The van der Waals surface area contributed by atoms with Gasteiger partial charge < -0.3 is 10.6 Å². The molecule has 1 aromatic carbocycles. The minimum absolute atomic E-state index is 0.108. The van der Waals surface area contributed by atoms with Gasteiger partial charge in [-0.1, -0.05) is 12.5 Å². The second-order valence-corrected chi connectivity index (χ2v) is 10.7. The van der Waals surface area contributed by atoms with Crippen molar-refractivity contribution in [1.29, 1.82) is 0 Å². The van der Waals surface area contributed by atoms with E-state index in [0.29, 0.717) is 24.3 Å². The molecule has 2 saturated heterocycles. The predicted molar refractivity (Wildman–Crippen MR) is 114 cm³/mol. The third-order valence-electron chi connectivity index (χ3n) is 6.40. The van der Waals surface area contributed by atoms with Crippen molar-refractivity contribution in [2.75, 3.05) is 25.0 Å². The Morgan fingerprint density at radius 3 is 2.52 bits per heavy atom. The second kappa shape index (κ2) is 7.90. The fraction of sp³-hybridized carbons (Fsp3) is 0.571. The molecule has 9 nitrogen and oxygen atoms in total. The summed E-state index contributed by atoms with van der Waals surface area (Å²) in [6, 6.07) is 4.12. The molecule has 168 valence electrons. The van der Waals surface area contributed by atoms with E-state index in [1.807, 2.05) is 0 Å². The number of carbonyl (C=O) groups is 3. The van der Waals surface area contributed by atoms with E-state index in [9.17, 15) is 22.8 Å². The first kappa shape index (κ1) is 21.8. The fourth-order valence-corrected chi connectivity index (χ4v) is 6.11. The summed E-state index contributed by atoms with van der Waals surface area (Å²) in [5, 5.41) is 5.34. The normalized spacial score (nSPS) is 24.9. The zero-order chi connectivity index (χ0) is 22.4. The molecule has 1 saturated carbocycles. The summed E-state index contributed by atoms with van der Waals surface area (Å²) in [6.45, 7) is 3.97. The fourth-order valence-electron chi connectivity index (χ4n) is 4.34. The highest BCUT2D eigenvalue weighted by Crippen LogP contribution is 2.42. The van der Waals surface area contributed by atoms with Crippen LogP contribution in [0.4, 0.5) is 10.5 Å². The number of hydrogen-bond acceptors (Lipinski definition) is 5. The van der Waals surface area contributed by atoms with Crippen molar-refractivity contribution >= 4 is 33.6 Å². The van der Waals surface area contributed by atoms with Crippen LogP contribution in [0, 0.1) is 12.8 Å². The summed E-state index contributed by atoms with van der Waals surface area (Å²) in [4.78, 5) is 38.6. The summed E-state index contributed by atoms with van der Waals surface area (Å²) >= 11 is 0. The van der Waals surface area contributed by atoms with Crippen LogP contribution in [0.15, 0.2) is 23.1 Å². The molecule has 2 aliphatic heterocycles. The van der Waals surface area contributed by atoms with Gasteiger partial charge in [0.2, 0.25) is 15.9 Å². The molecule has 3 aliphatic rings. The van der Waals surface area contributed by atoms with Crippen LogP contribution in [-0.4, -0.2) is 60.6 Å². The number of anilines is 1. The summed E-state index contributed by atoms with van der Waals surface area (Å²) in [5.74, 6) is -0.849. The quantitative estimate of drug-likeness (QED) is 0.644. The van der Waals surface area contributed by atoms with Gasteiger partial charge in [0.15, 0.2) is 0 Å². The first-order valence-corrected chi connectivity index (χ1v) is 12.1. The van der Waals surface area contributed by atoms with Gasteiger partial charge >= 0.3 is 6.03 Å². The minimum atomic E-state index is -3.66. The maximum Gasteiger partial charge on any atom is 0.325 e. The molecule has 0 radical (unpaired) electrons. The number of sulfonamides is 1. The minimum Gasteiger partial charge on any atom is -0.324 e. The van der Waals surface area contributed by atoms with Crippen molar-refractivity contribution in [3.05, 3.63) is 23.8 Å². The molecule has 1 aliphatic carbocycles. The molecule has 1 aromatic rings. The first-order chi connectivity index (χ1) is 14.6.